The van der Waals surface area contributed by atoms with Gasteiger partial charge in [-0.15, -0.1) is 0 Å². The Kier molecular flexibility index (Phi) is 7.02. The predicted octanol–water partition coefficient (Wildman–Crippen LogP) is 4.56. The van der Waals surface area contributed by atoms with Crippen LogP contribution in [0.4, 0.5) is 0 Å². The number of unbranched alkanes of at least 4 members (excludes halogenated alkanes) is 1. The molecule has 0 radical (unpaired) electrons. The molecule has 0 aromatic heterocycles. The number of carbonyl (C=O) groups is 1. The Bertz CT molecular complexity index is 664. The molecular formula is C20H24N2O2. The largest absolute Gasteiger partial charge is 0.489 e. The zero-order valence-corrected chi connectivity index (χ0v) is 14.3. The fraction of sp³-hybridized carbons (Fsp3) is 0.300. The first-order valence-electron chi connectivity index (χ1n) is 8.29. The molecule has 126 valence electrons. The van der Waals surface area contributed by atoms with E-state index in [4.69, 9.17) is 4.74 Å². The molecule has 0 heterocycles. The Labute approximate surface area is 143 Å². The first kappa shape index (κ1) is 17.7. The van der Waals surface area contributed by atoms with Gasteiger partial charge in [-0.25, -0.2) is 5.43 Å². The first-order chi connectivity index (χ1) is 11.7. The minimum Gasteiger partial charge on any atom is -0.489 e. The van der Waals surface area contributed by atoms with Crippen LogP contribution in [0.5, 0.6) is 5.75 Å². The maximum atomic E-state index is 12.1. The molecular weight excluding hydrogens is 300 g/mol. The normalized spacial score (nSPS) is 11.2. The molecule has 24 heavy (non-hydrogen) atoms. The highest BCUT2D eigenvalue weighted by Gasteiger charge is 2.05. The van der Waals surface area contributed by atoms with Crippen LogP contribution in [0.1, 0.15) is 49.0 Å². The Morgan fingerprint density at radius 1 is 1.08 bits per heavy atom. The van der Waals surface area contributed by atoms with Gasteiger partial charge in [-0.3, -0.25) is 4.79 Å². The number of benzene rings is 2. The molecule has 0 unspecified atom stereocenters. The molecule has 0 aliphatic carbocycles. The molecule has 0 saturated heterocycles. The molecule has 2 aromatic carbocycles. The molecule has 0 saturated carbocycles. The SMILES string of the molecule is CCCC/C(C)=N\NC(=O)c1ccc(COc2ccccc2)cc1. The van der Waals surface area contributed by atoms with Crippen molar-refractivity contribution in [1.29, 1.82) is 0 Å². The van der Waals surface area contributed by atoms with Crippen LogP contribution in [0.2, 0.25) is 0 Å². The van der Waals surface area contributed by atoms with Gasteiger partial charge in [0, 0.05) is 11.3 Å². The average Bonchev–Trinajstić information content (AvgIpc) is 2.64. The van der Waals surface area contributed by atoms with Gasteiger partial charge in [-0.1, -0.05) is 43.7 Å². The third-order valence-electron chi connectivity index (χ3n) is 3.61. The molecule has 0 aliphatic heterocycles. The zero-order valence-electron chi connectivity index (χ0n) is 14.3. The third kappa shape index (κ3) is 5.88. The maximum Gasteiger partial charge on any atom is 0.271 e. The Morgan fingerprint density at radius 3 is 2.46 bits per heavy atom. The number of para-hydroxylation sites is 1. The van der Waals surface area contributed by atoms with Crippen molar-refractivity contribution in [2.75, 3.05) is 0 Å². The number of ether oxygens (including phenoxy) is 1. The second-order valence-electron chi connectivity index (χ2n) is 5.69. The minimum absolute atomic E-state index is 0.193. The smallest absolute Gasteiger partial charge is 0.271 e. The summed E-state index contributed by atoms with van der Waals surface area (Å²) in [6.07, 6.45) is 3.11. The first-order valence-corrected chi connectivity index (χ1v) is 8.29. The summed E-state index contributed by atoms with van der Waals surface area (Å²) in [5.41, 5.74) is 5.15. The second-order valence-corrected chi connectivity index (χ2v) is 5.69. The van der Waals surface area contributed by atoms with Crippen LogP contribution in [0.25, 0.3) is 0 Å². The summed E-state index contributed by atoms with van der Waals surface area (Å²) in [6, 6.07) is 17.0. The van der Waals surface area contributed by atoms with Crippen LogP contribution in [-0.4, -0.2) is 11.6 Å². The van der Waals surface area contributed by atoms with Crippen molar-refractivity contribution in [1.82, 2.24) is 5.43 Å². The van der Waals surface area contributed by atoms with E-state index in [-0.39, 0.29) is 5.91 Å². The number of nitrogens with zero attached hydrogens (tertiary/aromatic N) is 1. The second kappa shape index (κ2) is 9.50. The van der Waals surface area contributed by atoms with Gasteiger partial charge in [-0.05, 0) is 49.6 Å². The standard InChI is InChI=1S/C20H24N2O2/c1-3-4-8-16(2)21-22-20(23)18-13-11-17(12-14-18)15-24-19-9-6-5-7-10-19/h5-7,9-14H,3-4,8,15H2,1-2H3,(H,22,23)/b21-16-. The van der Waals surface area contributed by atoms with E-state index in [1.807, 2.05) is 49.4 Å². The Hall–Kier alpha value is -2.62. The highest BCUT2D eigenvalue weighted by atomic mass is 16.5. The molecule has 0 spiro atoms. The topological polar surface area (TPSA) is 50.7 Å². The van der Waals surface area contributed by atoms with Gasteiger partial charge < -0.3 is 4.74 Å². The van der Waals surface area contributed by atoms with Crippen LogP contribution >= 0.6 is 0 Å². The number of hydrazone groups is 1. The van der Waals surface area contributed by atoms with Crippen LogP contribution in [0.3, 0.4) is 0 Å². The molecule has 0 aliphatic rings. The van der Waals surface area contributed by atoms with E-state index < -0.39 is 0 Å². The van der Waals surface area contributed by atoms with Crippen LogP contribution in [-0.2, 0) is 6.61 Å². The average molecular weight is 324 g/mol. The van der Waals surface area contributed by atoms with Crippen LogP contribution < -0.4 is 10.2 Å². The molecule has 4 heteroatoms. The van der Waals surface area contributed by atoms with Gasteiger partial charge >= 0.3 is 0 Å². The molecule has 0 fully saturated rings. The monoisotopic (exact) mass is 324 g/mol. The van der Waals surface area contributed by atoms with E-state index in [9.17, 15) is 4.79 Å². The maximum absolute atomic E-state index is 12.1. The summed E-state index contributed by atoms with van der Waals surface area (Å²) in [5.74, 6) is 0.637. The Morgan fingerprint density at radius 2 is 1.79 bits per heavy atom. The number of hydrogen-bond acceptors (Lipinski definition) is 3. The predicted molar refractivity (Wildman–Crippen MR) is 97.3 cm³/mol. The lowest BCUT2D eigenvalue weighted by atomic mass is 10.1. The van der Waals surface area contributed by atoms with E-state index in [2.05, 4.69) is 17.5 Å². The summed E-state index contributed by atoms with van der Waals surface area (Å²) in [5, 5.41) is 4.13. The van der Waals surface area contributed by atoms with Crippen molar-refractivity contribution in [3.05, 3.63) is 65.7 Å². The van der Waals surface area contributed by atoms with E-state index >= 15 is 0 Å². The summed E-state index contributed by atoms with van der Waals surface area (Å²) in [6.45, 7) is 4.54. The minimum atomic E-state index is -0.193. The van der Waals surface area contributed by atoms with Crippen molar-refractivity contribution in [2.24, 2.45) is 5.10 Å². The number of nitrogens with one attached hydrogen (secondary N) is 1. The molecule has 4 nitrogen and oxygen atoms in total. The van der Waals surface area contributed by atoms with E-state index in [1.54, 1.807) is 12.1 Å². The zero-order chi connectivity index (χ0) is 17.2. The summed E-state index contributed by atoms with van der Waals surface area (Å²) < 4.78 is 5.69. The van der Waals surface area contributed by atoms with Crippen LogP contribution in [0, 0.1) is 0 Å². The fourth-order valence-electron chi connectivity index (χ4n) is 2.13. The number of carbonyl (C=O) groups excluding carboxylic acids is 1. The van der Waals surface area contributed by atoms with Crippen molar-refractivity contribution in [3.63, 3.8) is 0 Å². The van der Waals surface area contributed by atoms with Gasteiger partial charge in [0.15, 0.2) is 0 Å². The molecule has 2 rings (SSSR count). The lowest BCUT2D eigenvalue weighted by molar-refractivity contribution is 0.0954. The van der Waals surface area contributed by atoms with Gasteiger partial charge in [0.05, 0.1) is 0 Å². The van der Waals surface area contributed by atoms with Crippen molar-refractivity contribution in [2.45, 2.75) is 39.7 Å². The van der Waals surface area contributed by atoms with Crippen molar-refractivity contribution >= 4 is 11.6 Å². The van der Waals surface area contributed by atoms with E-state index in [0.717, 1.165) is 36.3 Å². The number of amides is 1. The molecule has 0 bridgehead atoms. The highest BCUT2D eigenvalue weighted by Crippen LogP contribution is 2.12. The lowest BCUT2D eigenvalue weighted by Gasteiger charge is -2.07. The molecule has 0 atom stereocenters. The fourth-order valence-corrected chi connectivity index (χ4v) is 2.13. The highest BCUT2D eigenvalue weighted by molar-refractivity contribution is 5.95. The number of rotatable bonds is 8. The van der Waals surface area contributed by atoms with Crippen molar-refractivity contribution in [3.8, 4) is 5.75 Å². The molecule has 1 amide bonds. The number of hydrogen-bond donors (Lipinski definition) is 1. The van der Waals surface area contributed by atoms with Gasteiger partial charge in [-0.2, -0.15) is 5.10 Å². The van der Waals surface area contributed by atoms with Gasteiger partial charge in [0.2, 0.25) is 0 Å². The summed E-state index contributed by atoms with van der Waals surface area (Å²) in [4.78, 5) is 12.1. The van der Waals surface area contributed by atoms with E-state index in [1.165, 1.54) is 0 Å². The quantitative estimate of drug-likeness (QED) is 0.571. The third-order valence-corrected chi connectivity index (χ3v) is 3.61. The van der Waals surface area contributed by atoms with Gasteiger partial charge in [0.1, 0.15) is 12.4 Å². The van der Waals surface area contributed by atoms with Crippen LogP contribution in [0.15, 0.2) is 59.7 Å². The summed E-state index contributed by atoms with van der Waals surface area (Å²) in [7, 11) is 0. The van der Waals surface area contributed by atoms with Crippen molar-refractivity contribution < 1.29 is 9.53 Å². The summed E-state index contributed by atoms with van der Waals surface area (Å²) >= 11 is 0. The molecule has 2 aromatic rings. The Balaban J connectivity index is 1.85. The van der Waals surface area contributed by atoms with Gasteiger partial charge in [0.25, 0.3) is 5.91 Å². The van der Waals surface area contributed by atoms with E-state index in [0.29, 0.717) is 12.2 Å². The lowest BCUT2D eigenvalue weighted by Crippen LogP contribution is -2.19. The molecule has 1 N–H and O–H groups in total.